The molecule has 104 valence electrons. The number of anilines is 1. The van der Waals surface area contributed by atoms with Crippen LogP contribution >= 0.6 is 11.6 Å². The number of carbonyl (C=O) groups is 1. The Bertz CT molecular complexity index is 632. The van der Waals surface area contributed by atoms with Gasteiger partial charge in [-0.2, -0.15) is 0 Å². The van der Waals surface area contributed by atoms with Gasteiger partial charge in [0.1, 0.15) is 11.8 Å². The fourth-order valence-electron chi connectivity index (χ4n) is 1.62. The molecule has 0 spiro atoms. The summed E-state index contributed by atoms with van der Waals surface area (Å²) in [4.78, 5) is 10.3. The highest BCUT2D eigenvalue weighted by Crippen LogP contribution is 2.30. The van der Waals surface area contributed by atoms with Gasteiger partial charge >= 0.3 is 0 Å². The van der Waals surface area contributed by atoms with Crippen molar-refractivity contribution in [2.45, 2.75) is 6.54 Å². The molecule has 6 heteroatoms. The monoisotopic (exact) mass is 291 g/mol. The molecule has 20 heavy (non-hydrogen) atoms. The molecular weight excluding hydrogens is 280 g/mol. The van der Waals surface area contributed by atoms with Gasteiger partial charge in [-0.1, -0.05) is 23.7 Å². The van der Waals surface area contributed by atoms with Gasteiger partial charge in [0.25, 0.3) is 0 Å². The highest BCUT2D eigenvalue weighted by Gasteiger charge is 2.04. The number of halogens is 1. The molecule has 0 aliphatic carbocycles. The molecular formula is C14H12ClN2O3-. The molecule has 5 nitrogen and oxygen atoms in total. The van der Waals surface area contributed by atoms with E-state index in [2.05, 4.69) is 5.32 Å². The lowest BCUT2D eigenvalue weighted by molar-refractivity contribution is -0.251. The summed E-state index contributed by atoms with van der Waals surface area (Å²) in [6.07, 6.45) is -1.32. The molecule has 2 aromatic rings. The zero-order valence-corrected chi connectivity index (χ0v) is 11.2. The van der Waals surface area contributed by atoms with E-state index in [1.165, 1.54) is 0 Å². The number of nitrogens with one attached hydrogen (secondary N) is 1. The lowest BCUT2D eigenvalue weighted by atomic mass is 10.2. The number of benzene rings is 2. The van der Waals surface area contributed by atoms with Crippen LogP contribution in [0.1, 0.15) is 5.56 Å². The lowest BCUT2D eigenvalue weighted by Gasteiger charge is -2.11. The van der Waals surface area contributed by atoms with E-state index in [4.69, 9.17) is 22.1 Å². The van der Waals surface area contributed by atoms with Gasteiger partial charge < -0.3 is 25.7 Å². The average molecular weight is 292 g/mol. The van der Waals surface area contributed by atoms with Crippen molar-refractivity contribution in [2.75, 3.05) is 5.73 Å². The van der Waals surface area contributed by atoms with Crippen molar-refractivity contribution in [3.8, 4) is 11.5 Å². The number of hydrogen-bond acceptors (Lipinski definition) is 4. The number of hydrogen-bond donors (Lipinski definition) is 2. The standard InChI is InChI=1S/C14H13ClN2O3/c15-10-4-5-12(16)13(7-10)20-11-3-1-2-9(6-11)8-17-14(18)19/h1-7,17H,8,16H2,(H,18,19)/p-1. The fourth-order valence-corrected chi connectivity index (χ4v) is 1.78. The zero-order valence-electron chi connectivity index (χ0n) is 10.4. The predicted molar refractivity (Wildman–Crippen MR) is 74.6 cm³/mol. The Morgan fingerprint density at radius 3 is 2.85 bits per heavy atom. The summed E-state index contributed by atoms with van der Waals surface area (Å²) in [5.74, 6) is 0.985. The van der Waals surface area contributed by atoms with Crippen LogP contribution in [0.25, 0.3) is 0 Å². The van der Waals surface area contributed by atoms with Crippen molar-refractivity contribution in [3.63, 3.8) is 0 Å². The first-order valence-corrected chi connectivity index (χ1v) is 6.19. The van der Waals surface area contributed by atoms with E-state index in [9.17, 15) is 9.90 Å². The van der Waals surface area contributed by atoms with Crippen LogP contribution in [0.4, 0.5) is 10.5 Å². The summed E-state index contributed by atoms with van der Waals surface area (Å²) in [7, 11) is 0. The normalized spacial score (nSPS) is 10.1. The largest absolute Gasteiger partial charge is 0.530 e. The van der Waals surface area contributed by atoms with Gasteiger partial charge in [0.2, 0.25) is 0 Å². The van der Waals surface area contributed by atoms with Crippen LogP contribution in [0.15, 0.2) is 42.5 Å². The molecule has 3 N–H and O–H groups in total. The van der Waals surface area contributed by atoms with Gasteiger partial charge in [-0.3, -0.25) is 0 Å². The van der Waals surface area contributed by atoms with Crippen molar-refractivity contribution < 1.29 is 14.6 Å². The molecule has 0 heterocycles. The van der Waals surface area contributed by atoms with Gasteiger partial charge in [0.15, 0.2) is 5.75 Å². The van der Waals surface area contributed by atoms with Crippen molar-refractivity contribution >= 4 is 23.4 Å². The molecule has 0 aliphatic heterocycles. The average Bonchev–Trinajstić information content (AvgIpc) is 2.41. The minimum Gasteiger partial charge on any atom is -0.530 e. The SMILES string of the molecule is Nc1ccc(Cl)cc1Oc1cccc(CNC(=O)[O-])c1. The number of nitrogens with two attached hydrogens (primary N) is 1. The van der Waals surface area contributed by atoms with Gasteiger partial charge in [-0.25, -0.2) is 0 Å². The minimum atomic E-state index is -1.32. The van der Waals surface area contributed by atoms with E-state index in [1.54, 1.807) is 42.5 Å². The van der Waals surface area contributed by atoms with E-state index >= 15 is 0 Å². The van der Waals surface area contributed by atoms with Crippen LogP contribution in [-0.4, -0.2) is 6.09 Å². The number of ether oxygens (including phenoxy) is 1. The minimum absolute atomic E-state index is 0.143. The maximum atomic E-state index is 10.3. The summed E-state index contributed by atoms with van der Waals surface area (Å²) in [5.41, 5.74) is 7.00. The molecule has 2 rings (SSSR count). The van der Waals surface area contributed by atoms with Crippen LogP contribution < -0.4 is 20.9 Å². The molecule has 0 bridgehead atoms. The highest BCUT2D eigenvalue weighted by molar-refractivity contribution is 6.30. The predicted octanol–water partition coefficient (Wildman–Crippen LogP) is 2.15. The zero-order chi connectivity index (χ0) is 14.5. The maximum absolute atomic E-state index is 10.3. The van der Waals surface area contributed by atoms with Crippen LogP contribution in [0.3, 0.4) is 0 Å². The van der Waals surface area contributed by atoms with Gasteiger partial charge in [0, 0.05) is 17.6 Å². The third kappa shape index (κ3) is 3.80. The highest BCUT2D eigenvalue weighted by atomic mass is 35.5. The second-order valence-corrected chi connectivity index (χ2v) is 4.51. The second kappa shape index (κ2) is 6.16. The Labute approximate surface area is 120 Å². The lowest BCUT2D eigenvalue weighted by Crippen LogP contribution is -2.35. The summed E-state index contributed by atoms with van der Waals surface area (Å²) < 4.78 is 5.64. The Balaban J connectivity index is 2.15. The van der Waals surface area contributed by atoms with Crippen LogP contribution in [0.2, 0.25) is 5.02 Å². The number of carboxylic acid groups (broad SMARTS) is 1. The van der Waals surface area contributed by atoms with Crippen LogP contribution in [0.5, 0.6) is 11.5 Å². The molecule has 0 fully saturated rings. The fraction of sp³-hybridized carbons (Fsp3) is 0.0714. The number of amides is 1. The van der Waals surface area contributed by atoms with Crippen molar-refractivity contribution in [1.29, 1.82) is 0 Å². The smallest absolute Gasteiger partial charge is 0.151 e. The van der Waals surface area contributed by atoms with Crippen LogP contribution in [0, 0.1) is 0 Å². The third-order valence-corrected chi connectivity index (χ3v) is 2.77. The van der Waals surface area contributed by atoms with Crippen LogP contribution in [-0.2, 0) is 6.54 Å². The molecule has 0 aromatic heterocycles. The summed E-state index contributed by atoms with van der Waals surface area (Å²) >= 11 is 5.88. The summed E-state index contributed by atoms with van der Waals surface area (Å²) in [6.45, 7) is 0.143. The van der Waals surface area contributed by atoms with Crippen molar-refractivity contribution in [2.24, 2.45) is 0 Å². The topological polar surface area (TPSA) is 87.4 Å². The molecule has 0 saturated carbocycles. The molecule has 0 unspecified atom stereocenters. The molecule has 2 aromatic carbocycles. The summed E-state index contributed by atoms with van der Waals surface area (Å²) in [6, 6.07) is 11.9. The van der Waals surface area contributed by atoms with E-state index in [0.717, 1.165) is 5.56 Å². The summed E-state index contributed by atoms with van der Waals surface area (Å²) in [5, 5.41) is 13.0. The Morgan fingerprint density at radius 1 is 1.30 bits per heavy atom. The van der Waals surface area contributed by atoms with Gasteiger partial charge in [-0.15, -0.1) is 0 Å². The second-order valence-electron chi connectivity index (χ2n) is 4.07. The third-order valence-electron chi connectivity index (χ3n) is 2.54. The Morgan fingerprint density at radius 2 is 2.10 bits per heavy atom. The first kappa shape index (κ1) is 14.0. The first-order chi connectivity index (χ1) is 9.54. The number of carbonyl (C=O) groups excluding carboxylic acids is 1. The molecule has 0 saturated heterocycles. The molecule has 0 radical (unpaired) electrons. The van der Waals surface area contributed by atoms with E-state index in [1.807, 2.05) is 0 Å². The number of rotatable bonds is 4. The van der Waals surface area contributed by atoms with E-state index < -0.39 is 6.09 Å². The van der Waals surface area contributed by atoms with Gasteiger partial charge in [0.05, 0.1) is 5.69 Å². The molecule has 1 amide bonds. The van der Waals surface area contributed by atoms with Crippen molar-refractivity contribution in [1.82, 2.24) is 5.32 Å². The van der Waals surface area contributed by atoms with E-state index in [-0.39, 0.29) is 6.54 Å². The Hall–Kier alpha value is -2.40. The van der Waals surface area contributed by atoms with Gasteiger partial charge in [-0.05, 0) is 29.8 Å². The molecule has 0 atom stereocenters. The molecule has 0 aliphatic rings. The maximum Gasteiger partial charge on any atom is 0.151 e. The van der Waals surface area contributed by atoms with Crippen molar-refractivity contribution in [3.05, 3.63) is 53.1 Å². The quantitative estimate of drug-likeness (QED) is 0.845. The number of nitrogen functional groups attached to an aromatic ring is 1. The first-order valence-electron chi connectivity index (χ1n) is 5.81. The van der Waals surface area contributed by atoms with E-state index in [0.29, 0.717) is 22.2 Å². The Kier molecular flexibility index (Phi) is 4.32.